The van der Waals surface area contributed by atoms with Crippen molar-refractivity contribution in [3.63, 3.8) is 0 Å². The minimum absolute atomic E-state index is 0. The maximum Gasteiger partial charge on any atom is 0.0696 e. The van der Waals surface area contributed by atoms with E-state index in [0.717, 1.165) is 45.6 Å². The van der Waals surface area contributed by atoms with Crippen molar-refractivity contribution >= 4 is 22.8 Å². The van der Waals surface area contributed by atoms with Gasteiger partial charge < -0.3 is 0 Å². The summed E-state index contributed by atoms with van der Waals surface area (Å²) in [6.45, 7) is 9.40. The molecule has 0 aromatic carbocycles. The number of hydrogen-bond donors (Lipinski definition) is 0. The Kier molecular flexibility index (Phi) is 11.1. The molecule has 0 spiro atoms. The molecular formula is C48H60N4Pt. The molecule has 0 N–H and O–H groups in total. The van der Waals surface area contributed by atoms with Gasteiger partial charge in [-0.15, -0.1) is 0 Å². The van der Waals surface area contributed by atoms with Gasteiger partial charge >= 0.3 is 0 Å². The van der Waals surface area contributed by atoms with Crippen LogP contribution in [0, 0.1) is 23.7 Å². The predicted octanol–water partition coefficient (Wildman–Crippen LogP) is 12.9. The summed E-state index contributed by atoms with van der Waals surface area (Å²) in [6, 6.07) is 0. The Morgan fingerprint density at radius 3 is 0.698 bits per heavy atom. The molecule has 9 rings (SSSR count). The minimum Gasteiger partial charge on any atom is -0.248 e. The third-order valence-electron chi connectivity index (χ3n) is 14.4. The van der Waals surface area contributed by atoms with Crippen molar-refractivity contribution in [3.05, 3.63) is 91.7 Å². The molecule has 9 aliphatic rings. The summed E-state index contributed by atoms with van der Waals surface area (Å²) in [4.78, 5) is 22.2. The number of aliphatic imine (C=N–C) groups is 4. The van der Waals surface area contributed by atoms with Crippen molar-refractivity contribution in [1.29, 1.82) is 0 Å². The van der Waals surface area contributed by atoms with Gasteiger partial charge in [0.15, 0.2) is 0 Å². The molecule has 0 amide bonds. The van der Waals surface area contributed by atoms with Crippen molar-refractivity contribution in [2.45, 2.75) is 156 Å². The molecule has 53 heavy (non-hydrogen) atoms. The summed E-state index contributed by atoms with van der Waals surface area (Å²) in [5, 5.41) is 0. The van der Waals surface area contributed by atoms with Crippen LogP contribution < -0.4 is 0 Å². The molecule has 0 aromatic heterocycles. The van der Waals surface area contributed by atoms with Crippen molar-refractivity contribution in [1.82, 2.24) is 0 Å². The SMILES string of the molecule is CC1=C(C2CCCCC2)C2=NC1=CC1=NC(=CC3=NC(=CC4=NC(=C2)C(C)=C4C2CCCCC2)C(C)=C3C2CCCCC2)C(C)=C1C1CCCCC1.[Pt]. The zero-order valence-electron chi connectivity index (χ0n) is 32.9. The Labute approximate surface area is 333 Å². The van der Waals surface area contributed by atoms with Crippen molar-refractivity contribution in [2.24, 2.45) is 43.6 Å². The van der Waals surface area contributed by atoms with E-state index in [4.69, 9.17) is 20.0 Å². The van der Waals surface area contributed by atoms with Gasteiger partial charge in [0.2, 0.25) is 0 Å². The Morgan fingerprint density at radius 1 is 0.321 bits per heavy atom. The topological polar surface area (TPSA) is 49.4 Å². The quantitative estimate of drug-likeness (QED) is 0.270. The molecule has 4 fully saturated rings. The largest absolute Gasteiger partial charge is 0.248 e. The second kappa shape index (κ2) is 15.8. The summed E-state index contributed by atoms with van der Waals surface area (Å²) in [7, 11) is 0. The average molecular weight is 888 g/mol. The predicted molar refractivity (Wildman–Crippen MR) is 219 cm³/mol. The van der Waals surface area contributed by atoms with E-state index in [1.807, 2.05) is 0 Å². The first-order chi connectivity index (χ1) is 25.4. The second-order valence-corrected chi connectivity index (χ2v) is 17.6. The van der Waals surface area contributed by atoms with Gasteiger partial charge in [-0.25, -0.2) is 20.0 Å². The minimum atomic E-state index is 0. The van der Waals surface area contributed by atoms with Crippen LogP contribution in [0.4, 0.5) is 0 Å². The third-order valence-corrected chi connectivity index (χ3v) is 14.4. The molecule has 0 saturated heterocycles. The first kappa shape index (κ1) is 37.2. The van der Waals surface area contributed by atoms with E-state index >= 15 is 0 Å². The normalized spacial score (nSPS) is 26.6. The standard InChI is InChI=1S/C48H60N4.Pt/c1-29-37-25-42-46(34-19-11-6-12-20-34)31(3)39(50-42)27-44-48(36-23-15-8-16-24-36)32(4)40(52-44)28-43-47(35-21-13-7-14-22-35)30(2)38(51-43)26-41(49-37)45(29)33-17-9-5-10-18-33;/h25-28,33-36H,5-24H2,1-4H3;. The molecule has 0 atom stereocenters. The molecule has 0 aromatic rings. The van der Waals surface area contributed by atoms with Crippen molar-refractivity contribution < 1.29 is 21.1 Å². The second-order valence-electron chi connectivity index (χ2n) is 17.6. The van der Waals surface area contributed by atoms with Gasteiger partial charge in [-0.05, 0) is 172 Å². The number of fused-ring (bicyclic) bond motifs is 4. The number of rotatable bonds is 4. The van der Waals surface area contributed by atoms with Crippen LogP contribution in [0.5, 0.6) is 0 Å². The van der Waals surface area contributed by atoms with Gasteiger partial charge in [0.05, 0.1) is 45.6 Å². The fourth-order valence-corrected chi connectivity index (χ4v) is 11.6. The van der Waals surface area contributed by atoms with Crippen LogP contribution in [0.15, 0.2) is 112 Å². The molecule has 4 saturated carbocycles. The fraction of sp³-hybridized carbons (Fsp3) is 0.583. The average Bonchev–Trinajstić information content (AvgIpc) is 3.86. The molecule has 4 aliphatic carbocycles. The van der Waals surface area contributed by atoms with Crippen LogP contribution in [0.3, 0.4) is 0 Å². The Balaban J connectivity index is 0.00000400. The molecular weight excluding hydrogens is 828 g/mol. The number of nitrogens with zero attached hydrogens (tertiary/aromatic N) is 4. The molecule has 5 heteroatoms. The Morgan fingerprint density at radius 2 is 0.509 bits per heavy atom. The summed E-state index contributed by atoms with van der Waals surface area (Å²) in [6.07, 6.45) is 35.6. The monoisotopic (exact) mass is 887 g/mol. The van der Waals surface area contributed by atoms with E-state index in [2.05, 4.69) is 52.0 Å². The molecule has 8 bridgehead atoms. The van der Waals surface area contributed by atoms with Gasteiger partial charge in [0.25, 0.3) is 0 Å². The van der Waals surface area contributed by atoms with Gasteiger partial charge in [-0.1, -0.05) is 77.0 Å². The van der Waals surface area contributed by atoms with Gasteiger partial charge in [0.1, 0.15) is 0 Å². The van der Waals surface area contributed by atoms with E-state index in [0.29, 0.717) is 23.7 Å². The first-order valence-electron chi connectivity index (χ1n) is 21.5. The molecule has 282 valence electrons. The molecule has 4 nitrogen and oxygen atoms in total. The maximum absolute atomic E-state index is 5.56. The molecule has 0 radical (unpaired) electrons. The Hall–Kier alpha value is -2.71. The van der Waals surface area contributed by atoms with E-state index in [9.17, 15) is 0 Å². The molecule has 5 aliphatic heterocycles. The van der Waals surface area contributed by atoms with Crippen LogP contribution >= 0.6 is 0 Å². The van der Waals surface area contributed by atoms with Crippen molar-refractivity contribution in [2.75, 3.05) is 0 Å². The maximum atomic E-state index is 5.56. The number of allylic oxidation sites excluding steroid dienone is 12. The van der Waals surface area contributed by atoms with Crippen LogP contribution in [0.2, 0.25) is 0 Å². The van der Waals surface area contributed by atoms with Crippen molar-refractivity contribution in [3.8, 4) is 0 Å². The Bertz CT molecular complexity index is 1640. The third kappa shape index (κ3) is 7.02. The van der Waals surface area contributed by atoms with E-state index in [1.54, 1.807) is 0 Å². The number of hydrogen-bond acceptors (Lipinski definition) is 4. The van der Waals surface area contributed by atoms with Crippen LogP contribution in [-0.2, 0) is 21.1 Å². The van der Waals surface area contributed by atoms with Gasteiger partial charge in [-0.2, -0.15) is 0 Å². The zero-order chi connectivity index (χ0) is 35.3. The van der Waals surface area contributed by atoms with E-state index < -0.39 is 0 Å². The van der Waals surface area contributed by atoms with E-state index in [-0.39, 0.29) is 21.1 Å². The van der Waals surface area contributed by atoms with Gasteiger partial charge in [-0.3, -0.25) is 0 Å². The summed E-state index contributed by atoms with van der Waals surface area (Å²) < 4.78 is 0. The first-order valence-corrected chi connectivity index (χ1v) is 21.5. The molecule has 5 heterocycles. The molecule has 0 unspecified atom stereocenters. The van der Waals surface area contributed by atoms with E-state index in [1.165, 1.54) is 173 Å². The van der Waals surface area contributed by atoms with Gasteiger partial charge in [0, 0.05) is 21.1 Å². The van der Waals surface area contributed by atoms with Crippen LogP contribution in [-0.4, -0.2) is 22.8 Å². The fourth-order valence-electron chi connectivity index (χ4n) is 11.6. The summed E-state index contributed by atoms with van der Waals surface area (Å²) in [5.74, 6) is 2.28. The summed E-state index contributed by atoms with van der Waals surface area (Å²) >= 11 is 0. The van der Waals surface area contributed by atoms with Crippen LogP contribution in [0.25, 0.3) is 0 Å². The summed E-state index contributed by atoms with van der Waals surface area (Å²) in [5.41, 5.74) is 20.5. The smallest absolute Gasteiger partial charge is 0.0696 e. The zero-order valence-corrected chi connectivity index (χ0v) is 35.1. The van der Waals surface area contributed by atoms with Crippen LogP contribution in [0.1, 0.15) is 156 Å².